The summed E-state index contributed by atoms with van der Waals surface area (Å²) in [5, 5.41) is 5.97. The highest BCUT2D eigenvalue weighted by atomic mass is 35.5. The minimum atomic E-state index is -0.395. The molecule has 2 aromatic rings. The summed E-state index contributed by atoms with van der Waals surface area (Å²) >= 11 is 5.89. The Kier molecular flexibility index (Phi) is 5.49. The number of carbonyl (C=O) groups excluding carboxylic acids is 2. The van der Waals surface area contributed by atoms with Crippen LogP contribution in [0.4, 0.5) is 5.69 Å². The molecule has 1 aromatic carbocycles. The molecule has 0 saturated heterocycles. The first kappa shape index (κ1) is 16.7. The lowest BCUT2D eigenvalue weighted by Gasteiger charge is -2.09. The maximum atomic E-state index is 12.3. The summed E-state index contributed by atoms with van der Waals surface area (Å²) in [6.07, 6.45) is 1.57. The van der Waals surface area contributed by atoms with E-state index in [1.54, 1.807) is 42.5 Å². The van der Waals surface area contributed by atoms with Crippen LogP contribution in [0.5, 0.6) is 0 Å². The predicted molar refractivity (Wildman–Crippen MR) is 90.9 cm³/mol. The number of halogens is 1. The molecule has 6 heteroatoms. The van der Waals surface area contributed by atoms with Gasteiger partial charge in [0.1, 0.15) is 11.4 Å². The van der Waals surface area contributed by atoms with Crippen molar-refractivity contribution in [1.82, 2.24) is 10.3 Å². The van der Waals surface area contributed by atoms with Crippen molar-refractivity contribution in [3.05, 3.63) is 71.0 Å². The van der Waals surface area contributed by atoms with Crippen LogP contribution in [0.15, 0.2) is 49.1 Å². The molecular formula is C17H16ClN3O2. The summed E-state index contributed by atoms with van der Waals surface area (Å²) in [5.74, 6) is -0.754. The van der Waals surface area contributed by atoms with Crippen molar-refractivity contribution in [2.24, 2.45) is 0 Å². The fraction of sp³-hybridized carbons (Fsp3) is 0.118. The van der Waals surface area contributed by atoms with Crippen LogP contribution in [0, 0.1) is 6.92 Å². The van der Waals surface area contributed by atoms with Gasteiger partial charge in [-0.2, -0.15) is 0 Å². The number of carbonyl (C=O) groups is 2. The van der Waals surface area contributed by atoms with Crippen molar-refractivity contribution in [2.45, 2.75) is 6.92 Å². The Bertz CT molecular complexity index is 759. The molecule has 0 saturated carbocycles. The van der Waals surface area contributed by atoms with Crippen LogP contribution >= 0.6 is 11.6 Å². The second-order valence-electron chi connectivity index (χ2n) is 4.82. The molecule has 0 atom stereocenters. The molecule has 0 aliphatic heterocycles. The zero-order valence-corrected chi connectivity index (χ0v) is 13.4. The summed E-state index contributed by atoms with van der Waals surface area (Å²) in [7, 11) is 0. The Morgan fingerprint density at radius 2 is 1.91 bits per heavy atom. The van der Waals surface area contributed by atoms with E-state index >= 15 is 0 Å². The third-order valence-electron chi connectivity index (χ3n) is 3.06. The summed E-state index contributed by atoms with van der Waals surface area (Å²) in [6.45, 7) is 5.70. The van der Waals surface area contributed by atoms with E-state index in [0.29, 0.717) is 17.3 Å². The third-order valence-corrected chi connectivity index (χ3v) is 3.29. The Morgan fingerprint density at radius 1 is 1.22 bits per heavy atom. The van der Waals surface area contributed by atoms with Gasteiger partial charge in [-0.3, -0.25) is 9.59 Å². The van der Waals surface area contributed by atoms with E-state index in [1.807, 2.05) is 6.92 Å². The molecule has 0 bridgehead atoms. The van der Waals surface area contributed by atoms with Crippen molar-refractivity contribution < 1.29 is 9.59 Å². The third kappa shape index (κ3) is 4.40. The first-order chi connectivity index (χ1) is 11.0. The number of benzene rings is 1. The van der Waals surface area contributed by atoms with Crippen LogP contribution in [-0.2, 0) is 0 Å². The molecule has 0 unspecified atom stereocenters. The van der Waals surface area contributed by atoms with Gasteiger partial charge in [0.25, 0.3) is 11.8 Å². The molecule has 5 nitrogen and oxygen atoms in total. The lowest BCUT2D eigenvalue weighted by molar-refractivity contribution is 0.0953. The first-order valence-electron chi connectivity index (χ1n) is 6.95. The Morgan fingerprint density at radius 3 is 2.57 bits per heavy atom. The van der Waals surface area contributed by atoms with Gasteiger partial charge >= 0.3 is 0 Å². The quantitative estimate of drug-likeness (QED) is 0.827. The lowest BCUT2D eigenvalue weighted by atomic mass is 10.2. The monoisotopic (exact) mass is 329 g/mol. The number of pyridine rings is 1. The van der Waals surface area contributed by atoms with Crippen molar-refractivity contribution in [3.63, 3.8) is 0 Å². The lowest BCUT2D eigenvalue weighted by Crippen LogP contribution is -2.25. The largest absolute Gasteiger partial charge is 0.347 e. The summed E-state index contributed by atoms with van der Waals surface area (Å²) in [4.78, 5) is 28.2. The van der Waals surface area contributed by atoms with Crippen molar-refractivity contribution in [2.75, 3.05) is 11.9 Å². The molecule has 0 aliphatic rings. The smallest absolute Gasteiger partial charge is 0.274 e. The molecular weight excluding hydrogens is 314 g/mol. The van der Waals surface area contributed by atoms with E-state index in [9.17, 15) is 9.59 Å². The van der Waals surface area contributed by atoms with Gasteiger partial charge < -0.3 is 10.6 Å². The number of nitrogens with one attached hydrogen (secondary N) is 2. The van der Waals surface area contributed by atoms with Crippen LogP contribution in [0.1, 0.15) is 26.5 Å². The Balaban J connectivity index is 2.16. The average Bonchev–Trinajstić information content (AvgIpc) is 2.55. The molecule has 2 rings (SSSR count). The van der Waals surface area contributed by atoms with Gasteiger partial charge in [-0.1, -0.05) is 23.7 Å². The van der Waals surface area contributed by atoms with Gasteiger partial charge in [0.15, 0.2) is 0 Å². The second kappa shape index (κ2) is 7.56. The number of hydrogen-bond donors (Lipinski definition) is 2. The standard InChI is InChI=1S/C17H16ClN3O2/c1-3-9-19-16(22)14-5-4-6-15(20-14)17(23)21-13-8-7-12(18)10-11(13)2/h3-8,10H,1,9H2,2H3,(H,19,22)(H,21,23). The van der Waals surface area contributed by atoms with Crippen molar-refractivity contribution >= 4 is 29.1 Å². The molecule has 0 spiro atoms. The molecule has 23 heavy (non-hydrogen) atoms. The SMILES string of the molecule is C=CCNC(=O)c1cccc(C(=O)Nc2ccc(Cl)cc2C)n1. The van der Waals surface area contributed by atoms with Crippen LogP contribution in [0.25, 0.3) is 0 Å². The van der Waals surface area contributed by atoms with E-state index in [1.165, 1.54) is 0 Å². The molecule has 0 radical (unpaired) electrons. The second-order valence-corrected chi connectivity index (χ2v) is 5.26. The number of nitrogens with zero attached hydrogens (tertiary/aromatic N) is 1. The summed E-state index contributed by atoms with van der Waals surface area (Å²) in [6, 6.07) is 9.86. The van der Waals surface area contributed by atoms with E-state index in [0.717, 1.165) is 5.56 Å². The van der Waals surface area contributed by atoms with Crippen LogP contribution in [0.2, 0.25) is 5.02 Å². The first-order valence-corrected chi connectivity index (χ1v) is 7.32. The number of amides is 2. The number of rotatable bonds is 5. The van der Waals surface area contributed by atoms with Gasteiger partial charge in [-0.15, -0.1) is 6.58 Å². The number of aromatic nitrogens is 1. The minimum Gasteiger partial charge on any atom is -0.347 e. The van der Waals surface area contributed by atoms with Crippen molar-refractivity contribution in [1.29, 1.82) is 0 Å². The molecule has 1 aromatic heterocycles. The van der Waals surface area contributed by atoms with Gasteiger partial charge in [-0.05, 0) is 42.8 Å². The molecule has 1 heterocycles. The van der Waals surface area contributed by atoms with Gasteiger partial charge in [0, 0.05) is 17.3 Å². The molecule has 2 amide bonds. The van der Waals surface area contributed by atoms with Crippen LogP contribution in [-0.4, -0.2) is 23.3 Å². The summed E-state index contributed by atoms with van der Waals surface area (Å²) in [5.41, 5.74) is 1.81. The normalized spacial score (nSPS) is 10.0. The fourth-order valence-corrected chi connectivity index (χ4v) is 2.12. The van der Waals surface area contributed by atoms with Crippen LogP contribution in [0.3, 0.4) is 0 Å². The Labute approximate surface area is 139 Å². The summed E-state index contributed by atoms with van der Waals surface area (Å²) < 4.78 is 0. The van der Waals surface area contributed by atoms with Gasteiger partial charge in [0.2, 0.25) is 0 Å². The highest BCUT2D eigenvalue weighted by Gasteiger charge is 2.13. The molecule has 0 aliphatic carbocycles. The maximum Gasteiger partial charge on any atom is 0.274 e. The van der Waals surface area contributed by atoms with E-state index < -0.39 is 5.91 Å². The number of hydrogen-bond acceptors (Lipinski definition) is 3. The fourth-order valence-electron chi connectivity index (χ4n) is 1.90. The van der Waals surface area contributed by atoms with Crippen LogP contribution < -0.4 is 10.6 Å². The number of anilines is 1. The zero-order chi connectivity index (χ0) is 16.8. The predicted octanol–water partition coefficient (Wildman–Crippen LogP) is 3.21. The minimum absolute atomic E-state index is 0.158. The highest BCUT2D eigenvalue weighted by Crippen LogP contribution is 2.20. The van der Waals surface area contributed by atoms with Gasteiger partial charge in [0.05, 0.1) is 0 Å². The topological polar surface area (TPSA) is 71.1 Å². The maximum absolute atomic E-state index is 12.3. The zero-order valence-electron chi connectivity index (χ0n) is 12.6. The number of aryl methyl sites for hydroxylation is 1. The van der Waals surface area contributed by atoms with Gasteiger partial charge in [-0.25, -0.2) is 4.98 Å². The van der Waals surface area contributed by atoms with E-state index in [4.69, 9.17) is 11.6 Å². The molecule has 118 valence electrons. The Hall–Kier alpha value is -2.66. The van der Waals surface area contributed by atoms with E-state index in [2.05, 4.69) is 22.2 Å². The van der Waals surface area contributed by atoms with Crippen molar-refractivity contribution in [3.8, 4) is 0 Å². The van der Waals surface area contributed by atoms with E-state index in [-0.39, 0.29) is 17.3 Å². The average molecular weight is 330 g/mol. The highest BCUT2D eigenvalue weighted by molar-refractivity contribution is 6.30. The molecule has 2 N–H and O–H groups in total. The molecule has 0 fully saturated rings.